The summed E-state index contributed by atoms with van der Waals surface area (Å²) < 4.78 is 0. The molecule has 0 heteroatoms. The van der Waals surface area contributed by atoms with Gasteiger partial charge in [0.05, 0.1) is 0 Å². The summed E-state index contributed by atoms with van der Waals surface area (Å²) >= 11 is 0. The molecule has 0 radical (unpaired) electrons. The SMILES string of the molecule is C=CC(C)CCC(CC1CCCCC1)C1CC(C)CC1CC. The molecule has 0 spiro atoms. The topological polar surface area (TPSA) is 0 Å². The molecule has 0 amide bonds. The van der Waals surface area contributed by atoms with Crippen LogP contribution < -0.4 is 0 Å². The fraction of sp³-hybridized carbons (Fsp3) is 0.909. The van der Waals surface area contributed by atoms with E-state index in [4.69, 9.17) is 0 Å². The molecule has 0 heterocycles. The molecular formula is C22H40. The lowest BCUT2D eigenvalue weighted by molar-refractivity contribution is 0.175. The summed E-state index contributed by atoms with van der Waals surface area (Å²) in [6, 6.07) is 0. The van der Waals surface area contributed by atoms with Gasteiger partial charge >= 0.3 is 0 Å². The van der Waals surface area contributed by atoms with Gasteiger partial charge in [0.2, 0.25) is 0 Å². The smallest absolute Gasteiger partial charge is 0.0265 e. The Bertz CT molecular complexity index is 312. The summed E-state index contributed by atoms with van der Waals surface area (Å²) in [5.74, 6) is 5.77. The zero-order chi connectivity index (χ0) is 15.9. The lowest BCUT2D eigenvalue weighted by Gasteiger charge is -2.33. The highest BCUT2D eigenvalue weighted by Gasteiger charge is 2.36. The van der Waals surface area contributed by atoms with Gasteiger partial charge in [0.15, 0.2) is 0 Å². The van der Waals surface area contributed by atoms with Crippen molar-refractivity contribution in [1.29, 1.82) is 0 Å². The summed E-state index contributed by atoms with van der Waals surface area (Å²) in [6.07, 6.45) is 18.5. The third-order valence-electron chi connectivity index (χ3n) is 6.87. The van der Waals surface area contributed by atoms with E-state index in [1.807, 2.05) is 0 Å². The van der Waals surface area contributed by atoms with Crippen LogP contribution in [-0.2, 0) is 0 Å². The van der Waals surface area contributed by atoms with Crippen LogP contribution in [0.4, 0.5) is 0 Å². The molecule has 2 rings (SSSR count). The second-order valence-electron chi connectivity index (χ2n) is 8.70. The van der Waals surface area contributed by atoms with E-state index in [-0.39, 0.29) is 0 Å². The molecule has 2 aliphatic carbocycles. The summed E-state index contributed by atoms with van der Waals surface area (Å²) in [7, 11) is 0. The zero-order valence-electron chi connectivity index (χ0n) is 15.5. The summed E-state index contributed by atoms with van der Waals surface area (Å²) in [4.78, 5) is 0. The van der Waals surface area contributed by atoms with Gasteiger partial charge in [-0.2, -0.15) is 0 Å². The molecule has 5 atom stereocenters. The Morgan fingerprint density at radius 2 is 1.82 bits per heavy atom. The lowest BCUT2D eigenvalue weighted by Crippen LogP contribution is -2.23. The van der Waals surface area contributed by atoms with Crippen molar-refractivity contribution < 1.29 is 0 Å². The van der Waals surface area contributed by atoms with Crippen molar-refractivity contribution in [2.75, 3.05) is 0 Å². The fourth-order valence-electron chi connectivity index (χ4n) is 5.44. The zero-order valence-corrected chi connectivity index (χ0v) is 15.5. The third kappa shape index (κ3) is 5.14. The van der Waals surface area contributed by atoms with Crippen molar-refractivity contribution in [2.24, 2.45) is 35.5 Å². The molecule has 0 aromatic heterocycles. The van der Waals surface area contributed by atoms with Crippen LogP contribution in [0.15, 0.2) is 12.7 Å². The molecule has 22 heavy (non-hydrogen) atoms. The van der Waals surface area contributed by atoms with E-state index < -0.39 is 0 Å². The minimum Gasteiger partial charge on any atom is -0.103 e. The molecule has 2 fully saturated rings. The first-order valence-electron chi connectivity index (χ1n) is 10.3. The Morgan fingerprint density at radius 3 is 2.45 bits per heavy atom. The molecule has 2 aliphatic rings. The molecule has 0 aromatic carbocycles. The third-order valence-corrected chi connectivity index (χ3v) is 6.87. The van der Waals surface area contributed by atoms with Crippen LogP contribution in [0.3, 0.4) is 0 Å². The maximum Gasteiger partial charge on any atom is -0.0265 e. The summed E-state index contributed by atoms with van der Waals surface area (Å²) in [5.41, 5.74) is 0. The molecule has 0 bridgehead atoms. The Labute approximate surface area is 140 Å². The molecule has 0 aromatic rings. The van der Waals surface area contributed by atoms with Crippen molar-refractivity contribution >= 4 is 0 Å². The second kappa shape index (κ2) is 9.14. The van der Waals surface area contributed by atoms with Crippen molar-refractivity contribution in [3.8, 4) is 0 Å². The Balaban J connectivity index is 1.97. The van der Waals surface area contributed by atoms with Gasteiger partial charge in [-0.1, -0.05) is 65.4 Å². The molecule has 0 nitrogen and oxygen atoms in total. The lowest BCUT2D eigenvalue weighted by atomic mass is 9.72. The predicted octanol–water partition coefficient (Wildman–Crippen LogP) is 7.25. The minimum absolute atomic E-state index is 0.702. The average molecular weight is 305 g/mol. The van der Waals surface area contributed by atoms with Crippen molar-refractivity contribution in [2.45, 2.75) is 91.4 Å². The van der Waals surface area contributed by atoms with Crippen LogP contribution in [0.5, 0.6) is 0 Å². The van der Waals surface area contributed by atoms with E-state index in [2.05, 4.69) is 33.4 Å². The molecular weight excluding hydrogens is 264 g/mol. The van der Waals surface area contributed by atoms with Crippen molar-refractivity contribution in [3.63, 3.8) is 0 Å². The summed E-state index contributed by atoms with van der Waals surface area (Å²) in [6.45, 7) is 11.3. The van der Waals surface area contributed by atoms with Gasteiger partial charge in [-0.05, 0) is 67.6 Å². The Kier molecular flexibility index (Phi) is 7.51. The van der Waals surface area contributed by atoms with E-state index in [9.17, 15) is 0 Å². The Hall–Kier alpha value is -0.260. The maximum absolute atomic E-state index is 3.99. The largest absolute Gasteiger partial charge is 0.103 e. The molecule has 5 unspecified atom stereocenters. The quantitative estimate of drug-likeness (QED) is 0.414. The van der Waals surface area contributed by atoms with Gasteiger partial charge in [-0.15, -0.1) is 6.58 Å². The second-order valence-corrected chi connectivity index (χ2v) is 8.70. The van der Waals surface area contributed by atoms with Gasteiger partial charge in [0.1, 0.15) is 0 Å². The van der Waals surface area contributed by atoms with E-state index >= 15 is 0 Å². The van der Waals surface area contributed by atoms with Crippen molar-refractivity contribution in [3.05, 3.63) is 12.7 Å². The van der Waals surface area contributed by atoms with Crippen LogP contribution in [0.1, 0.15) is 91.4 Å². The van der Waals surface area contributed by atoms with Gasteiger partial charge in [0.25, 0.3) is 0 Å². The molecule has 0 saturated heterocycles. The first-order chi connectivity index (χ1) is 10.6. The Morgan fingerprint density at radius 1 is 1.09 bits per heavy atom. The number of rotatable bonds is 8. The predicted molar refractivity (Wildman–Crippen MR) is 98.9 cm³/mol. The highest BCUT2D eigenvalue weighted by atomic mass is 14.4. The van der Waals surface area contributed by atoms with Gasteiger partial charge in [-0.3, -0.25) is 0 Å². The monoisotopic (exact) mass is 304 g/mol. The highest BCUT2D eigenvalue weighted by molar-refractivity contribution is 4.88. The van der Waals surface area contributed by atoms with Crippen LogP contribution >= 0.6 is 0 Å². The normalized spacial score (nSPS) is 32.8. The number of allylic oxidation sites excluding steroid dienone is 1. The van der Waals surface area contributed by atoms with E-state index in [1.165, 1.54) is 70.6 Å². The van der Waals surface area contributed by atoms with E-state index in [0.29, 0.717) is 5.92 Å². The summed E-state index contributed by atoms with van der Waals surface area (Å²) in [5, 5.41) is 0. The van der Waals surface area contributed by atoms with Crippen LogP contribution in [0.2, 0.25) is 0 Å². The van der Waals surface area contributed by atoms with E-state index in [0.717, 1.165) is 29.6 Å². The molecule has 0 aliphatic heterocycles. The van der Waals surface area contributed by atoms with Crippen LogP contribution in [0.25, 0.3) is 0 Å². The molecule has 128 valence electrons. The fourth-order valence-corrected chi connectivity index (χ4v) is 5.44. The first-order valence-corrected chi connectivity index (χ1v) is 10.3. The van der Waals surface area contributed by atoms with Gasteiger partial charge in [-0.25, -0.2) is 0 Å². The standard InChI is InChI=1S/C22H40/c1-5-17(3)12-13-21(16-19-10-8-7-9-11-19)22-15-18(4)14-20(22)6-2/h5,17-22H,1,6-16H2,2-4H3. The maximum atomic E-state index is 3.99. The molecule has 0 N–H and O–H groups in total. The number of hydrogen-bond acceptors (Lipinski definition) is 0. The molecule has 2 saturated carbocycles. The highest BCUT2D eigenvalue weighted by Crippen LogP contribution is 2.47. The average Bonchev–Trinajstić information content (AvgIpc) is 2.92. The van der Waals surface area contributed by atoms with Crippen molar-refractivity contribution in [1.82, 2.24) is 0 Å². The van der Waals surface area contributed by atoms with Gasteiger partial charge in [0, 0.05) is 0 Å². The van der Waals surface area contributed by atoms with E-state index in [1.54, 1.807) is 0 Å². The van der Waals surface area contributed by atoms with Crippen LogP contribution in [0, 0.1) is 35.5 Å². The first kappa shape index (κ1) is 18.1. The van der Waals surface area contributed by atoms with Gasteiger partial charge < -0.3 is 0 Å². The minimum atomic E-state index is 0.702. The number of hydrogen-bond donors (Lipinski definition) is 0. The van der Waals surface area contributed by atoms with Crippen LogP contribution in [-0.4, -0.2) is 0 Å².